The fraction of sp³-hybridized carbons (Fsp3) is 1.00. The molecule has 2 aliphatic rings. The molecule has 4 atom stereocenters. The first-order valence-corrected chi connectivity index (χ1v) is 8.45. The first kappa shape index (κ1) is 15.3. The van der Waals surface area contributed by atoms with Gasteiger partial charge >= 0.3 is 0 Å². The minimum atomic E-state index is 0.471. The summed E-state index contributed by atoms with van der Waals surface area (Å²) in [5, 5.41) is 7.43. The van der Waals surface area contributed by atoms with Crippen molar-refractivity contribution in [2.45, 2.75) is 65.8 Å². The third kappa shape index (κ3) is 4.19. The van der Waals surface area contributed by atoms with Crippen LogP contribution in [0.15, 0.2) is 0 Å². The molecule has 2 aliphatic heterocycles. The topological polar surface area (TPSA) is 24.1 Å². The van der Waals surface area contributed by atoms with E-state index in [1.54, 1.807) is 0 Å². The van der Waals surface area contributed by atoms with E-state index in [0.717, 1.165) is 23.8 Å². The average molecular weight is 266 g/mol. The normalized spacial score (nSPS) is 37.3. The zero-order valence-corrected chi connectivity index (χ0v) is 13.5. The van der Waals surface area contributed by atoms with Gasteiger partial charge in [0, 0.05) is 6.04 Å². The van der Waals surface area contributed by atoms with E-state index in [9.17, 15) is 0 Å². The van der Waals surface area contributed by atoms with E-state index in [4.69, 9.17) is 0 Å². The van der Waals surface area contributed by atoms with Crippen molar-refractivity contribution in [1.82, 2.24) is 10.6 Å². The molecule has 0 saturated carbocycles. The monoisotopic (exact) mass is 266 g/mol. The molecule has 2 saturated heterocycles. The van der Waals surface area contributed by atoms with Crippen molar-refractivity contribution in [2.24, 2.45) is 23.2 Å². The second kappa shape index (κ2) is 6.58. The van der Waals surface area contributed by atoms with Crippen molar-refractivity contribution in [3.05, 3.63) is 0 Å². The smallest absolute Gasteiger partial charge is 0.00724 e. The molecular weight excluding hydrogens is 232 g/mol. The number of nitrogens with one attached hydrogen (secondary N) is 2. The number of hydrogen-bond donors (Lipinski definition) is 2. The SMILES string of the molecule is CC[C@H]1CC[C@H](CC(C)(C)[C@@H]2CNC[C@@H](C)C2)NC1. The Morgan fingerprint density at radius 1 is 1.11 bits per heavy atom. The maximum atomic E-state index is 3.81. The van der Waals surface area contributed by atoms with Gasteiger partial charge in [-0.25, -0.2) is 0 Å². The van der Waals surface area contributed by atoms with Crippen LogP contribution in [-0.4, -0.2) is 25.7 Å². The Labute approximate surface area is 120 Å². The maximum absolute atomic E-state index is 3.81. The van der Waals surface area contributed by atoms with Crippen LogP contribution in [0.5, 0.6) is 0 Å². The van der Waals surface area contributed by atoms with Gasteiger partial charge in [-0.15, -0.1) is 0 Å². The van der Waals surface area contributed by atoms with Crippen LogP contribution in [0.2, 0.25) is 0 Å². The van der Waals surface area contributed by atoms with E-state index < -0.39 is 0 Å². The highest BCUT2D eigenvalue weighted by Gasteiger charge is 2.35. The number of rotatable bonds is 4. The maximum Gasteiger partial charge on any atom is 0.00724 e. The standard InChI is InChI=1S/C17H34N2/c1-5-14-6-7-16(19-11-14)9-17(3,4)15-8-13(2)10-18-12-15/h13-16,18-19H,5-12H2,1-4H3/t13-,14-,15-,16+/m0/s1. The first-order chi connectivity index (χ1) is 9.01. The predicted octanol–water partition coefficient (Wildman–Crippen LogP) is 3.43. The van der Waals surface area contributed by atoms with Gasteiger partial charge in [0.1, 0.15) is 0 Å². The van der Waals surface area contributed by atoms with Crippen LogP contribution < -0.4 is 10.6 Å². The summed E-state index contributed by atoms with van der Waals surface area (Å²) in [6.45, 7) is 13.4. The second-order valence-electron chi connectivity index (χ2n) is 7.85. The van der Waals surface area contributed by atoms with Gasteiger partial charge in [-0.2, -0.15) is 0 Å². The molecule has 2 rings (SSSR count). The summed E-state index contributed by atoms with van der Waals surface area (Å²) in [6.07, 6.45) is 6.92. The second-order valence-corrected chi connectivity index (χ2v) is 7.85. The van der Waals surface area contributed by atoms with Crippen LogP contribution in [0.4, 0.5) is 0 Å². The lowest BCUT2D eigenvalue weighted by atomic mass is 9.68. The Hall–Kier alpha value is -0.0800. The zero-order valence-electron chi connectivity index (χ0n) is 13.5. The molecule has 19 heavy (non-hydrogen) atoms. The summed E-state index contributed by atoms with van der Waals surface area (Å²) in [7, 11) is 0. The molecule has 2 nitrogen and oxygen atoms in total. The largest absolute Gasteiger partial charge is 0.316 e. The van der Waals surface area contributed by atoms with Crippen molar-refractivity contribution >= 4 is 0 Å². The molecule has 0 aliphatic carbocycles. The Morgan fingerprint density at radius 3 is 2.47 bits per heavy atom. The van der Waals surface area contributed by atoms with Crippen LogP contribution in [-0.2, 0) is 0 Å². The minimum absolute atomic E-state index is 0.471. The molecule has 0 bridgehead atoms. The third-order valence-electron chi connectivity index (χ3n) is 5.64. The van der Waals surface area contributed by atoms with Gasteiger partial charge < -0.3 is 10.6 Å². The van der Waals surface area contributed by atoms with Gasteiger partial charge in [-0.05, 0) is 68.5 Å². The van der Waals surface area contributed by atoms with E-state index in [-0.39, 0.29) is 0 Å². The van der Waals surface area contributed by atoms with Crippen LogP contribution in [0.25, 0.3) is 0 Å². The third-order valence-corrected chi connectivity index (χ3v) is 5.64. The molecule has 0 amide bonds. The average Bonchev–Trinajstić information content (AvgIpc) is 2.39. The van der Waals surface area contributed by atoms with Crippen molar-refractivity contribution in [1.29, 1.82) is 0 Å². The predicted molar refractivity (Wildman–Crippen MR) is 83.3 cm³/mol. The van der Waals surface area contributed by atoms with Gasteiger partial charge in [0.25, 0.3) is 0 Å². The Morgan fingerprint density at radius 2 is 1.89 bits per heavy atom. The van der Waals surface area contributed by atoms with Crippen LogP contribution in [0.3, 0.4) is 0 Å². The summed E-state index contributed by atoms with van der Waals surface area (Å²) in [6, 6.07) is 0.759. The highest BCUT2D eigenvalue weighted by Crippen LogP contribution is 2.38. The zero-order chi connectivity index (χ0) is 13.9. The molecule has 0 spiro atoms. The summed E-state index contributed by atoms with van der Waals surface area (Å²) in [5.41, 5.74) is 0.471. The molecule has 2 N–H and O–H groups in total. The van der Waals surface area contributed by atoms with E-state index in [1.165, 1.54) is 51.7 Å². The van der Waals surface area contributed by atoms with Crippen LogP contribution in [0, 0.1) is 23.2 Å². The van der Waals surface area contributed by atoms with Crippen LogP contribution in [0.1, 0.15) is 59.8 Å². The number of piperidine rings is 2. The van der Waals surface area contributed by atoms with Crippen molar-refractivity contribution < 1.29 is 0 Å². The van der Waals surface area contributed by atoms with Gasteiger partial charge in [-0.3, -0.25) is 0 Å². The van der Waals surface area contributed by atoms with Gasteiger partial charge in [0.05, 0.1) is 0 Å². The van der Waals surface area contributed by atoms with E-state index >= 15 is 0 Å². The molecule has 2 heteroatoms. The van der Waals surface area contributed by atoms with Gasteiger partial charge in [-0.1, -0.05) is 34.1 Å². The molecule has 112 valence electrons. The Balaban J connectivity index is 1.83. The summed E-state index contributed by atoms with van der Waals surface area (Å²) in [4.78, 5) is 0. The minimum Gasteiger partial charge on any atom is -0.316 e. The molecule has 0 radical (unpaired) electrons. The summed E-state index contributed by atoms with van der Waals surface area (Å²) in [5.74, 6) is 2.62. The van der Waals surface area contributed by atoms with E-state index in [2.05, 4.69) is 38.3 Å². The molecule has 2 fully saturated rings. The van der Waals surface area contributed by atoms with Crippen LogP contribution >= 0.6 is 0 Å². The summed E-state index contributed by atoms with van der Waals surface area (Å²) >= 11 is 0. The van der Waals surface area contributed by atoms with Gasteiger partial charge in [0.15, 0.2) is 0 Å². The number of hydrogen-bond acceptors (Lipinski definition) is 2. The summed E-state index contributed by atoms with van der Waals surface area (Å²) < 4.78 is 0. The lowest BCUT2D eigenvalue weighted by Gasteiger charge is -2.43. The first-order valence-electron chi connectivity index (χ1n) is 8.45. The molecular formula is C17H34N2. The Kier molecular flexibility index (Phi) is 5.30. The fourth-order valence-corrected chi connectivity index (χ4v) is 4.05. The van der Waals surface area contributed by atoms with Crippen molar-refractivity contribution in [2.75, 3.05) is 19.6 Å². The molecule has 0 aromatic carbocycles. The highest BCUT2D eigenvalue weighted by molar-refractivity contribution is 4.89. The van der Waals surface area contributed by atoms with Gasteiger partial charge in [0.2, 0.25) is 0 Å². The van der Waals surface area contributed by atoms with E-state index in [1.807, 2.05) is 0 Å². The van der Waals surface area contributed by atoms with Crippen molar-refractivity contribution in [3.63, 3.8) is 0 Å². The van der Waals surface area contributed by atoms with E-state index in [0.29, 0.717) is 5.41 Å². The molecule has 0 aromatic rings. The Bertz CT molecular complexity index is 266. The lowest BCUT2D eigenvalue weighted by Crippen LogP contribution is -2.46. The highest BCUT2D eigenvalue weighted by atomic mass is 14.9. The molecule has 0 aromatic heterocycles. The molecule has 2 heterocycles. The molecule has 0 unspecified atom stereocenters. The quantitative estimate of drug-likeness (QED) is 0.814. The van der Waals surface area contributed by atoms with Crippen molar-refractivity contribution in [3.8, 4) is 0 Å². The lowest BCUT2D eigenvalue weighted by molar-refractivity contribution is 0.110. The fourth-order valence-electron chi connectivity index (χ4n) is 4.05.